The van der Waals surface area contributed by atoms with Crippen molar-refractivity contribution in [2.45, 2.75) is 19.2 Å². The smallest absolute Gasteiger partial charge is 0.169 e. The predicted molar refractivity (Wildman–Crippen MR) is 83.3 cm³/mol. The third kappa shape index (κ3) is 3.81. The van der Waals surface area contributed by atoms with Crippen LogP contribution in [-0.4, -0.2) is 6.61 Å². The van der Waals surface area contributed by atoms with Crippen molar-refractivity contribution < 1.29 is 9.47 Å². The molecule has 2 rings (SSSR count). The molecule has 0 aliphatic heterocycles. The molecule has 0 unspecified atom stereocenters. The van der Waals surface area contributed by atoms with Crippen LogP contribution in [0.1, 0.15) is 18.9 Å². The molecule has 0 atom stereocenters. The summed E-state index contributed by atoms with van der Waals surface area (Å²) in [6, 6.07) is 13.0. The van der Waals surface area contributed by atoms with E-state index in [0.29, 0.717) is 29.0 Å². The second-order valence-electron chi connectivity index (χ2n) is 4.28. The minimum Gasteiger partial charge on any atom is -0.490 e. The van der Waals surface area contributed by atoms with Gasteiger partial charge in [0.1, 0.15) is 5.75 Å². The molecule has 0 bridgehead atoms. The predicted octanol–water partition coefficient (Wildman–Crippen LogP) is 5.66. The molecule has 106 valence electrons. The Morgan fingerprint density at radius 2 is 1.75 bits per heavy atom. The maximum absolute atomic E-state index is 6.01. The van der Waals surface area contributed by atoms with Crippen LogP contribution in [0.15, 0.2) is 42.5 Å². The van der Waals surface area contributed by atoms with E-state index in [4.69, 9.17) is 32.7 Å². The lowest BCUT2D eigenvalue weighted by Crippen LogP contribution is -1.98. The monoisotopic (exact) mass is 310 g/mol. The van der Waals surface area contributed by atoms with E-state index in [1.54, 1.807) is 12.1 Å². The average Bonchev–Trinajstić information content (AvgIpc) is 2.47. The number of halogens is 2. The molecule has 0 spiro atoms. The fourth-order valence-electron chi connectivity index (χ4n) is 1.72. The second-order valence-corrected chi connectivity index (χ2v) is 4.99. The summed E-state index contributed by atoms with van der Waals surface area (Å²) in [4.78, 5) is 0. The number of rotatable bonds is 6. The van der Waals surface area contributed by atoms with Gasteiger partial charge in [-0.3, -0.25) is 0 Å². The summed E-state index contributed by atoms with van der Waals surface area (Å²) < 4.78 is 11.6. The van der Waals surface area contributed by atoms with Gasteiger partial charge in [-0.1, -0.05) is 36.7 Å². The number of ether oxygens (including phenoxy) is 2. The molecule has 4 heteroatoms. The zero-order valence-corrected chi connectivity index (χ0v) is 12.7. The van der Waals surface area contributed by atoms with E-state index in [2.05, 4.69) is 6.92 Å². The van der Waals surface area contributed by atoms with E-state index in [-0.39, 0.29) is 0 Å². The van der Waals surface area contributed by atoms with Crippen molar-refractivity contribution in [1.82, 2.24) is 0 Å². The molecule has 0 saturated heterocycles. The number of alkyl halides is 1. The first kappa shape index (κ1) is 15.0. The van der Waals surface area contributed by atoms with Gasteiger partial charge in [-0.2, -0.15) is 0 Å². The van der Waals surface area contributed by atoms with Crippen LogP contribution >= 0.6 is 23.2 Å². The molecule has 0 fully saturated rings. The molecule has 0 heterocycles. The van der Waals surface area contributed by atoms with E-state index in [9.17, 15) is 0 Å². The van der Waals surface area contributed by atoms with Crippen LogP contribution in [-0.2, 0) is 5.88 Å². The van der Waals surface area contributed by atoms with Gasteiger partial charge >= 0.3 is 0 Å². The third-order valence-corrected chi connectivity index (χ3v) is 3.23. The summed E-state index contributed by atoms with van der Waals surface area (Å²) in [5, 5.41) is 0.612. The highest BCUT2D eigenvalue weighted by Gasteiger charge is 2.09. The molecule has 20 heavy (non-hydrogen) atoms. The quantitative estimate of drug-likeness (QED) is 0.641. The van der Waals surface area contributed by atoms with Crippen molar-refractivity contribution in [3.63, 3.8) is 0 Å². The maximum Gasteiger partial charge on any atom is 0.169 e. The van der Waals surface area contributed by atoms with E-state index in [1.165, 1.54) is 0 Å². The average molecular weight is 311 g/mol. The van der Waals surface area contributed by atoms with Gasteiger partial charge in [0.2, 0.25) is 0 Å². The molecule has 0 amide bonds. The molecule has 0 aliphatic rings. The minimum atomic E-state index is 0.366. The van der Waals surface area contributed by atoms with E-state index >= 15 is 0 Å². The summed E-state index contributed by atoms with van der Waals surface area (Å²) in [6.45, 7) is 2.71. The lowest BCUT2D eigenvalue weighted by atomic mass is 10.2. The zero-order chi connectivity index (χ0) is 14.4. The number of benzene rings is 2. The first-order valence-electron chi connectivity index (χ1n) is 6.48. The first-order valence-corrected chi connectivity index (χ1v) is 7.40. The van der Waals surface area contributed by atoms with Gasteiger partial charge in [0.25, 0.3) is 0 Å². The maximum atomic E-state index is 6.01. The van der Waals surface area contributed by atoms with Gasteiger partial charge in [-0.05, 0) is 30.7 Å². The van der Waals surface area contributed by atoms with Crippen molar-refractivity contribution in [2.75, 3.05) is 6.61 Å². The fraction of sp³-hybridized carbons (Fsp3) is 0.250. The van der Waals surface area contributed by atoms with Crippen molar-refractivity contribution in [1.29, 1.82) is 0 Å². The number of hydrogen-bond acceptors (Lipinski definition) is 2. The highest BCUT2D eigenvalue weighted by molar-refractivity contribution is 6.30. The largest absolute Gasteiger partial charge is 0.490 e. The van der Waals surface area contributed by atoms with Gasteiger partial charge in [0.05, 0.1) is 12.5 Å². The van der Waals surface area contributed by atoms with Crippen LogP contribution in [0.25, 0.3) is 0 Å². The summed E-state index contributed by atoms with van der Waals surface area (Å²) in [6.07, 6.45) is 0.943. The lowest BCUT2D eigenvalue weighted by molar-refractivity contribution is 0.302. The van der Waals surface area contributed by atoms with Gasteiger partial charge in [0.15, 0.2) is 11.5 Å². The fourth-order valence-corrected chi connectivity index (χ4v) is 2.10. The van der Waals surface area contributed by atoms with Crippen LogP contribution in [0.3, 0.4) is 0 Å². The van der Waals surface area contributed by atoms with Crippen molar-refractivity contribution >= 4 is 23.2 Å². The molecule has 0 N–H and O–H groups in total. The molecule has 0 aromatic heterocycles. The number of hydrogen-bond donors (Lipinski definition) is 0. The second kappa shape index (κ2) is 7.41. The molecule has 0 aliphatic carbocycles. The van der Waals surface area contributed by atoms with Crippen LogP contribution in [0, 0.1) is 0 Å². The van der Waals surface area contributed by atoms with Gasteiger partial charge in [0, 0.05) is 10.6 Å². The SMILES string of the molecule is CCCOc1ccccc1Oc1cc(Cl)ccc1CCl. The van der Waals surface area contributed by atoms with Gasteiger partial charge in [-0.15, -0.1) is 11.6 Å². The molecular weight excluding hydrogens is 295 g/mol. The van der Waals surface area contributed by atoms with Crippen LogP contribution in [0.2, 0.25) is 5.02 Å². The Labute approximate surface area is 129 Å². The Balaban J connectivity index is 2.27. The molecule has 2 aromatic rings. The highest BCUT2D eigenvalue weighted by Crippen LogP contribution is 2.34. The molecular formula is C16H16Cl2O2. The summed E-state index contributed by atoms with van der Waals surface area (Å²) in [5.74, 6) is 2.40. The molecule has 2 nitrogen and oxygen atoms in total. The first-order chi connectivity index (χ1) is 9.74. The lowest BCUT2D eigenvalue weighted by Gasteiger charge is -2.14. The van der Waals surface area contributed by atoms with Crippen molar-refractivity contribution in [3.8, 4) is 17.2 Å². The highest BCUT2D eigenvalue weighted by atomic mass is 35.5. The Bertz CT molecular complexity index is 570. The van der Waals surface area contributed by atoms with E-state index in [1.807, 2.05) is 30.3 Å². The standard InChI is InChI=1S/C16H16Cl2O2/c1-2-9-19-14-5-3-4-6-15(14)20-16-10-13(18)8-7-12(16)11-17/h3-8,10H,2,9,11H2,1H3. The number of para-hydroxylation sites is 2. The molecule has 2 aromatic carbocycles. The molecule has 0 radical (unpaired) electrons. The Hall–Kier alpha value is -1.38. The van der Waals surface area contributed by atoms with Crippen LogP contribution in [0.5, 0.6) is 17.2 Å². The van der Waals surface area contributed by atoms with Gasteiger partial charge in [-0.25, -0.2) is 0 Å². The normalized spacial score (nSPS) is 10.3. The summed E-state index contributed by atoms with van der Waals surface area (Å²) in [5.41, 5.74) is 0.890. The van der Waals surface area contributed by atoms with Crippen molar-refractivity contribution in [3.05, 3.63) is 53.1 Å². The topological polar surface area (TPSA) is 18.5 Å². The van der Waals surface area contributed by atoms with Crippen LogP contribution in [0.4, 0.5) is 0 Å². The Morgan fingerprint density at radius 3 is 2.45 bits per heavy atom. The van der Waals surface area contributed by atoms with Gasteiger partial charge < -0.3 is 9.47 Å². The molecule has 0 saturated carbocycles. The zero-order valence-electron chi connectivity index (χ0n) is 11.2. The van der Waals surface area contributed by atoms with E-state index < -0.39 is 0 Å². The van der Waals surface area contributed by atoms with E-state index in [0.717, 1.165) is 17.7 Å². The Kier molecular flexibility index (Phi) is 5.57. The summed E-state index contributed by atoms with van der Waals surface area (Å²) >= 11 is 11.9. The third-order valence-electron chi connectivity index (χ3n) is 2.70. The van der Waals surface area contributed by atoms with Crippen molar-refractivity contribution in [2.24, 2.45) is 0 Å². The summed E-state index contributed by atoms with van der Waals surface area (Å²) in [7, 11) is 0. The Morgan fingerprint density at radius 1 is 1.00 bits per heavy atom. The minimum absolute atomic E-state index is 0.366. The van der Waals surface area contributed by atoms with Crippen LogP contribution < -0.4 is 9.47 Å².